The SMILES string of the molecule is Fc1ccc2nocc2c1F. The predicted octanol–water partition coefficient (Wildman–Crippen LogP) is 2.11. The summed E-state index contributed by atoms with van der Waals surface area (Å²) in [5.74, 6) is -1.80. The van der Waals surface area contributed by atoms with Crippen LogP contribution in [0.1, 0.15) is 0 Å². The zero-order valence-corrected chi connectivity index (χ0v) is 5.34. The molecule has 0 atom stereocenters. The van der Waals surface area contributed by atoms with Crippen molar-refractivity contribution < 1.29 is 13.3 Å². The Labute approximate surface area is 60.4 Å². The molecule has 0 N–H and O–H groups in total. The molecule has 0 bridgehead atoms. The summed E-state index contributed by atoms with van der Waals surface area (Å²) in [7, 11) is 0. The van der Waals surface area contributed by atoms with Crippen molar-refractivity contribution in [1.82, 2.24) is 5.16 Å². The number of benzene rings is 1. The van der Waals surface area contributed by atoms with Gasteiger partial charge in [0.1, 0.15) is 11.8 Å². The minimum Gasteiger partial charge on any atom is -0.363 e. The highest BCUT2D eigenvalue weighted by molar-refractivity contribution is 5.77. The fourth-order valence-electron chi connectivity index (χ4n) is 0.884. The average Bonchev–Trinajstić information content (AvgIpc) is 2.45. The Morgan fingerprint density at radius 3 is 2.91 bits per heavy atom. The topological polar surface area (TPSA) is 26.0 Å². The number of hydrogen-bond acceptors (Lipinski definition) is 2. The Kier molecular flexibility index (Phi) is 1.15. The van der Waals surface area contributed by atoms with E-state index in [2.05, 4.69) is 9.68 Å². The van der Waals surface area contributed by atoms with Gasteiger partial charge in [0.15, 0.2) is 11.6 Å². The molecule has 0 radical (unpaired) electrons. The first kappa shape index (κ1) is 6.27. The molecule has 0 saturated heterocycles. The molecule has 1 aromatic carbocycles. The molecule has 0 aliphatic rings. The van der Waals surface area contributed by atoms with Gasteiger partial charge in [0.25, 0.3) is 0 Å². The van der Waals surface area contributed by atoms with Crippen LogP contribution in [0, 0.1) is 11.6 Å². The molecule has 0 saturated carbocycles. The van der Waals surface area contributed by atoms with Crippen LogP contribution in [0.25, 0.3) is 10.9 Å². The summed E-state index contributed by atoms with van der Waals surface area (Å²) in [6.45, 7) is 0. The number of nitrogens with zero attached hydrogens (tertiary/aromatic N) is 1. The van der Waals surface area contributed by atoms with E-state index >= 15 is 0 Å². The first-order chi connectivity index (χ1) is 5.29. The minimum absolute atomic E-state index is 0.0741. The molecule has 2 nitrogen and oxygen atoms in total. The molecule has 0 aliphatic heterocycles. The van der Waals surface area contributed by atoms with Crippen molar-refractivity contribution in [2.75, 3.05) is 0 Å². The van der Waals surface area contributed by atoms with Crippen LogP contribution in [-0.2, 0) is 0 Å². The summed E-state index contributed by atoms with van der Waals surface area (Å²) in [5, 5.41) is 3.51. The lowest BCUT2D eigenvalue weighted by Crippen LogP contribution is -1.82. The molecule has 4 heteroatoms. The predicted molar refractivity (Wildman–Crippen MR) is 33.9 cm³/mol. The van der Waals surface area contributed by atoms with Gasteiger partial charge < -0.3 is 4.52 Å². The maximum atomic E-state index is 12.8. The summed E-state index contributed by atoms with van der Waals surface area (Å²) in [6, 6.07) is 2.37. The maximum Gasteiger partial charge on any atom is 0.171 e. The molecule has 1 heterocycles. The Bertz CT molecular complexity index is 396. The third-order valence-electron chi connectivity index (χ3n) is 1.43. The average molecular weight is 155 g/mol. The number of hydrogen-bond donors (Lipinski definition) is 0. The van der Waals surface area contributed by atoms with E-state index < -0.39 is 11.6 Å². The third kappa shape index (κ3) is 0.790. The zero-order valence-electron chi connectivity index (χ0n) is 5.34. The summed E-state index contributed by atoms with van der Waals surface area (Å²) in [4.78, 5) is 0. The molecular formula is C7H3F2NO. The van der Waals surface area contributed by atoms with Crippen LogP contribution in [0.4, 0.5) is 8.78 Å². The van der Waals surface area contributed by atoms with Crippen LogP contribution in [0.15, 0.2) is 22.9 Å². The molecule has 0 spiro atoms. The second-order valence-corrected chi connectivity index (χ2v) is 2.11. The molecule has 0 fully saturated rings. The van der Waals surface area contributed by atoms with Gasteiger partial charge in [-0.1, -0.05) is 5.16 Å². The quantitative estimate of drug-likeness (QED) is 0.582. The summed E-state index contributed by atoms with van der Waals surface area (Å²) in [6.07, 6.45) is 1.08. The van der Waals surface area contributed by atoms with Gasteiger partial charge >= 0.3 is 0 Å². The highest BCUT2D eigenvalue weighted by Gasteiger charge is 2.08. The van der Waals surface area contributed by atoms with Crippen LogP contribution in [0.3, 0.4) is 0 Å². The Hall–Kier alpha value is -1.45. The van der Waals surface area contributed by atoms with Gasteiger partial charge in [-0.25, -0.2) is 8.78 Å². The van der Waals surface area contributed by atoms with Crippen molar-refractivity contribution in [3.63, 3.8) is 0 Å². The molecule has 1 aromatic heterocycles. The van der Waals surface area contributed by atoms with E-state index in [0.717, 1.165) is 12.3 Å². The van der Waals surface area contributed by atoms with Crippen molar-refractivity contribution in [2.45, 2.75) is 0 Å². The van der Waals surface area contributed by atoms with E-state index in [0.29, 0.717) is 5.52 Å². The highest BCUT2D eigenvalue weighted by Crippen LogP contribution is 2.18. The lowest BCUT2D eigenvalue weighted by Gasteiger charge is -1.89. The van der Waals surface area contributed by atoms with E-state index in [1.165, 1.54) is 6.07 Å². The van der Waals surface area contributed by atoms with Crippen molar-refractivity contribution in [3.05, 3.63) is 30.0 Å². The van der Waals surface area contributed by atoms with E-state index in [4.69, 9.17) is 0 Å². The van der Waals surface area contributed by atoms with Crippen LogP contribution in [-0.4, -0.2) is 5.16 Å². The summed E-state index contributed by atoms with van der Waals surface area (Å²) < 4.78 is 29.7. The Morgan fingerprint density at radius 2 is 2.09 bits per heavy atom. The molecule has 0 unspecified atom stereocenters. The monoisotopic (exact) mass is 155 g/mol. The lowest BCUT2D eigenvalue weighted by molar-refractivity contribution is 0.427. The first-order valence-electron chi connectivity index (χ1n) is 2.97. The third-order valence-corrected chi connectivity index (χ3v) is 1.43. The second kappa shape index (κ2) is 2.02. The molecule has 11 heavy (non-hydrogen) atoms. The highest BCUT2D eigenvalue weighted by atomic mass is 19.2. The molecular weight excluding hydrogens is 152 g/mol. The molecule has 2 rings (SSSR count). The fraction of sp³-hybridized carbons (Fsp3) is 0. The van der Waals surface area contributed by atoms with E-state index in [1.807, 2.05) is 0 Å². The maximum absolute atomic E-state index is 12.8. The smallest absolute Gasteiger partial charge is 0.171 e. The number of fused-ring (bicyclic) bond motifs is 1. The molecule has 0 amide bonds. The standard InChI is InChI=1S/C7H3F2NO/c8-5-1-2-6-4(7(5)9)3-11-10-6/h1-3H. The van der Waals surface area contributed by atoms with Gasteiger partial charge in [0.2, 0.25) is 0 Å². The zero-order chi connectivity index (χ0) is 7.84. The van der Waals surface area contributed by atoms with Crippen LogP contribution < -0.4 is 0 Å². The van der Waals surface area contributed by atoms with Crippen molar-refractivity contribution in [1.29, 1.82) is 0 Å². The van der Waals surface area contributed by atoms with Crippen molar-refractivity contribution in [3.8, 4) is 0 Å². The van der Waals surface area contributed by atoms with Crippen LogP contribution >= 0.6 is 0 Å². The van der Waals surface area contributed by atoms with Gasteiger partial charge in [0.05, 0.1) is 5.39 Å². The van der Waals surface area contributed by atoms with Crippen molar-refractivity contribution in [2.24, 2.45) is 0 Å². The van der Waals surface area contributed by atoms with Gasteiger partial charge in [-0.3, -0.25) is 0 Å². The Balaban J connectivity index is 2.93. The van der Waals surface area contributed by atoms with Gasteiger partial charge in [-0.05, 0) is 12.1 Å². The molecule has 56 valence electrons. The van der Waals surface area contributed by atoms with Gasteiger partial charge in [0, 0.05) is 0 Å². The van der Waals surface area contributed by atoms with Gasteiger partial charge in [-0.2, -0.15) is 0 Å². The van der Waals surface area contributed by atoms with Crippen molar-refractivity contribution >= 4 is 10.9 Å². The largest absolute Gasteiger partial charge is 0.363 e. The van der Waals surface area contributed by atoms with E-state index in [1.54, 1.807) is 0 Å². The van der Waals surface area contributed by atoms with Crippen LogP contribution in [0.2, 0.25) is 0 Å². The first-order valence-corrected chi connectivity index (χ1v) is 2.97. The molecule has 0 aliphatic carbocycles. The normalized spacial score (nSPS) is 10.7. The fourth-order valence-corrected chi connectivity index (χ4v) is 0.884. The number of rotatable bonds is 0. The summed E-state index contributed by atoms with van der Waals surface area (Å²) >= 11 is 0. The van der Waals surface area contributed by atoms with Gasteiger partial charge in [-0.15, -0.1) is 0 Å². The second-order valence-electron chi connectivity index (χ2n) is 2.11. The number of halogens is 2. The lowest BCUT2D eigenvalue weighted by atomic mass is 10.2. The minimum atomic E-state index is -0.913. The number of aromatic nitrogens is 1. The van der Waals surface area contributed by atoms with Crippen LogP contribution in [0.5, 0.6) is 0 Å². The van der Waals surface area contributed by atoms with E-state index in [-0.39, 0.29) is 5.39 Å². The molecule has 2 aromatic rings. The van der Waals surface area contributed by atoms with E-state index in [9.17, 15) is 8.78 Å². The Morgan fingerprint density at radius 1 is 1.27 bits per heavy atom. The summed E-state index contributed by atoms with van der Waals surface area (Å²) in [5.41, 5.74) is 0.323.